The van der Waals surface area contributed by atoms with Gasteiger partial charge in [0.15, 0.2) is 12.2 Å². The minimum absolute atomic E-state index is 0.169. The molecule has 0 saturated carbocycles. The van der Waals surface area contributed by atoms with Gasteiger partial charge >= 0.3 is 0 Å². The van der Waals surface area contributed by atoms with Gasteiger partial charge in [0.1, 0.15) is 0 Å². The van der Waals surface area contributed by atoms with E-state index in [1.807, 2.05) is 42.5 Å². The quantitative estimate of drug-likeness (QED) is 0.769. The van der Waals surface area contributed by atoms with Gasteiger partial charge in [-0.15, -0.1) is 0 Å². The molecule has 0 radical (unpaired) electrons. The van der Waals surface area contributed by atoms with Crippen molar-refractivity contribution in [2.75, 3.05) is 5.32 Å². The predicted octanol–water partition coefficient (Wildman–Crippen LogP) is 4.36. The maximum absolute atomic E-state index is 12.3. The largest absolute Gasteiger partial charge is 0.444 e. The third kappa shape index (κ3) is 3.03. The second-order valence-electron chi connectivity index (χ2n) is 4.38. The van der Waals surface area contributed by atoms with Gasteiger partial charge in [0.2, 0.25) is 0 Å². The molecular weight excluding hydrogens is 332 g/mol. The monoisotopic (exact) mass is 342 g/mol. The Hall–Kier alpha value is -2.40. The Kier molecular flexibility index (Phi) is 3.83. The molecule has 4 nitrogen and oxygen atoms in total. The second kappa shape index (κ2) is 5.93. The summed E-state index contributed by atoms with van der Waals surface area (Å²) in [5.41, 5.74) is 2.14. The molecule has 1 amide bonds. The number of carbonyl (C=O) groups is 1. The molecule has 0 aliphatic rings. The zero-order valence-corrected chi connectivity index (χ0v) is 12.5. The van der Waals surface area contributed by atoms with Crippen LogP contribution in [0.3, 0.4) is 0 Å². The van der Waals surface area contributed by atoms with Crippen LogP contribution in [0.15, 0.2) is 70.0 Å². The molecule has 104 valence electrons. The van der Waals surface area contributed by atoms with E-state index >= 15 is 0 Å². The number of aromatic nitrogens is 1. The van der Waals surface area contributed by atoms with E-state index in [1.54, 1.807) is 12.3 Å². The number of benzene rings is 2. The average Bonchev–Trinajstić information content (AvgIpc) is 3.02. The highest BCUT2D eigenvalue weighted by Crippen LogP contribution is 2.23. The number of oxazole rings is 1. The molecule has 1 N–H and O–H groups in total. The number of hydrogen-bond acceptors (Lipinski definition) is 3. The standard InChI is InChI=1S/C16H11BrN2O2/c17-14-7-2-1-6-13(14)16(20)19-12-5-3-4-11(8-12)15-9-18-10-21-15/h1-10H,(H,19,20). The lowest BCUT2D eigenvalue weighted by molar-refractivity contribution is 0.102. The van der Waals surface area contributed by atoms with Crippen molar-refractivity contribution in [2.24, 2.45) is 0 Å². The number of rotatable bonds is 3. The minimum Gasteiger partial charge on any atom is -0.444 e. The van der Waals surface area contributed by atoms with E-state index in [0.717, 1.165) is 10.0 Å². The van der Waals surface area contributed by atoms with Crippen molar-refractivity contribution in [1.29, 1.82) is 0 Å². The highest BCUT2D eigenvalue weighted by atomic mass is 79.9. The summed E-state index contributed by atoms with van der Waals surface area (Å²) in [5.74, 6) is 0.490. The highest BCUT2D eigenvalue weighted by molar-refractivity contribution is 9.10. The molecule has 0 atom stereocenters. The van der Waals surface area contributed by atoms with E-state index in [2.05, 4.69) is 26.2 Å². The molecular formula is C16H11BrN2O2. The van der Waals surface area contributed by atoms with Gasteiger partial charge < -0.3 is 9.73 Å². The van der Waals surface area contributed by atoms with Gasteiger partial charge in [0.25, 0.3) is 5.91 Å². The minimum atomic E-state index is -0.169. The molecule has 0 fully saturated rings. The van der Waals surface area contributed by atoms with E-state index < -0.39 is 0 Å². The van der Waals surface area contributed by atoms with Gasteiger partial charge in [-0.25, -0.2) is 4.98 Å². The third-order valence-electron chi connectivity index (χ3n) is 2.96. The summed E-state index contributed by atoms with van der Waals surface area (Å²) < 4.78 is 6.01. The van der Waals surface area contributed by atoms with E-state index in [-0.39, 0.29) is 5.91 Å². The first-order chi connectivity index (χ1) is 10.2. The van der Waals surface area contributed by atoms with E-state index in [0.29, 0.717) is 17.0 Å². The fraction of sp³-hybridized carbons (Fsp3) is 0. The van der Waals surface area contributed by atoms with Gasteiger partial charge in [-0.05, 0) is 40.2 Å². The summed E-state index contributed by atoms with van der Waals surface area (Å²) in [6.45, 7) is 0. The Bertz CT molecular complexity index is 769. The molecule has 3 aromatic rings. The summed E-state index contributed by atoms with van der Waals surface area (Å²) in [6, 6.07) is 14.7. The van der Waals surface area contributed by atoms with Gasteiger partial charge in [-0.2, -0.15) is 0 Å². The van der Waals surface area contributed by atoms with Crippen molar-refractivity contribution in [3.05, 3.63) is 71.2 Å². The van der Waals surface area contributed by atoms with Crippen molar-refractivity contribution in [3.63, 3.8) is 0 Å². The van der Waals surface area contributed by atoms with Crippen LogP contribution in [0.5, 0.6) is 0 Å². The maximum atomic E-state index is 12.3. The number of hydrogen-bond donors (Lipinski definition) is 1. The van der Waals surface area contributed by atoms with Crippen molar-refractivity contribution in [3.8, 4) is 11.3 Å². The summed E-state index contributed by atoms with van der Waals surface area (Å²) in [4.78, 5) is 16.1. The molecule has 1 heterocycles. The van der Waals surface area contributed by atoms with Crippen molar-refractivity contribution >= 4 is 27.5 Å². The van der Waals surface area contributed by atoms with Gasteiger partial charge in [0.05, 0.1) is 11.8 Å². The molecule has 0 aliphatic heterocycles. The van der Waals surface area contributed by atoms with E-state index in [1.165, 1.54) is 6.39 Å². The first-order valence-corrected chi connectivity index (χ1v) is 7.08. The number of amides is 1. The molecule has 21 heavy (non-hydrogen) atoms. The van der Waals surface area contributed by atoms with Crippen LogP contribution in [-0.4, -0.2) is 10.9 Å². The van der Waals surface area contributed by atoms with Crippen LogP contribution in [0.1, 0.15) is 10.4 Å². The van der Waals surface area contributed by atoms with Crippen molar-refractivity contribution in [1.82, 2.24) is 4.98 Å². The van der Waals surface area contributed by atoms with Crippen LogP contribution in [0, 0.1) is 0 Å². The molecule has 3 rings (SSSR count). The Morgan fingerprint density at radius 3 is 2.76 bits per heavy atom. The van der Waals surface area contributed by atoms with E-state index in [9.17, 15) is 4.79 Å². The van der Waals surface area contributed by atoms with Gasteiger partial charge in [-0.1, -0.05) is 24.3 Å². The molecule has 0 bridgehead atoms. The van der Waals surface area contributed by atoms with Crippen molar-refractivity contribution in [2.45, 2.75) is 0 Å². The molecule has 0 spiro atoms. The third-order valence-corrected chi connectivity index (χ3v) is 3.65. The number of carbonyl (C=O) groups excluding carboxylic acids is 1. The normalized spacial score (nSPS) is 10.3. The number of halogens is 1. The molecule has 0 saturated heterocycles. The molecule has 0 unspecified atom stereocenters. The van der Waals surface area contributed by atoms with Crippen LogP contribution in [0.4, 0.5) is 5.69 Å². The van der Waals surface area contributed by atoms with Gasteiger partial charge in [-0.3, -0.25) is 4.79 Å². The van der Waals surface area contributed by atoms with Crippen LogP contribution >= 0.6 is 15.9 Å². The van der Waals surface area contributed by atoms with Crippen LogP contribution in [0.2, 0.25) is 0 Å². The topological polar surface area (TPSA) is 55.1 Å². The summed E-state index contributed by atoms with van der Waals surface area (Å²) >= 11 is 3.37. The fourth-order valence-electron chi connectivity index (χ4n) is 1.95. The summed E-state index contributed by atoms with van der Waals surface area (Å²) in [5, 5.41) is 2.87. The number of anilines is 1. The van der Waals surface area contributed by atoms with Gasteiger partial charge in [0, 0.05) is 15.7 Å². The second-order valence-corrected chi connectivity index (χ2v) is 5.23. The highest BCUT2D eigenvalue weighted by Gasteiger charge is 2.10. The predicted molar refractivity (Wildman–Crippen MR) is 84.0 cm³/mol. The smallest absolute Gasteiger partial charge is 0.256 e. The van der Waals surface area contributed by atoms with Crippen LogP contribution in [-0.2, 0) is 0 Å². The lowest BCUT2D eigenvalue weighted by atomic mass is 10.1. The van der Waals surface area contributed by atoms with E-state index in [4.69, 9.17) is 4.42 Å². The summed E-state index contributed by atoms with van der Waals surface area (Å²) in [7, 11) is 0. The Labute approximate surface area is 130 Å². The molecule has 2 aromatic carbocycles. The Morgan fingerprint density at radius 1 is 1.14 bits per heavy atom. The zero-order valence-electron chi connectivity index (χ0n) is 10.9. The molecule has 0 aliphatic carbocycles. The SMILES string of the molecule is O=C(Nc1cccc(-c2cnco2)c1)c1ccccc1Br. The number of nitrogens with zero attached hydrogens (tertiary/aromatic N) is 1. The maximum Gasteiger partial charge on any atom is 0.256 e. The first kappa shape index (κ1) is 13.6. The Balaban J connectivity index is 1.84. The van der Waals surface area contributed by atoms with Crippen LogP contribution < -0.4 is 5.32 Å². The Morgan fingerprint density at radius 2 is 2.00 bits per heavy atom. The lowest BCUT2D eigenvalue weighted by Crippen LogP contribution is -2.12. The molecule has 1 aromatic heterocycles. The molecule has 5 heteroatoms. The summed E-state index contributed by atoms with van der Waals surface area (Å²) in [6.07, 6.45) is 3.01. The fourth-order valence-corrected chi connectivity index (χ4v) is 2.42. The number of nitrogens with one attached hydrogen (secondary N) is 1. The average molecular weight is 343 g/mol. The van der Waals surface area contributed by atoms with Crippen LogP contribution in [0.25, 0.3) is 11.3 Å². The first-order valence-electron chi connectivity index (χ1n) is 6.29. The zero-order chi connectivity index (χ0) is 14.7. The van der Waals surface area contributed by atoms with Crippen molar-refractivity contribution < 1.29 is 9.21 Å². The lowest BCUT2D eigenvalue weighted by Gasteiger charge is -2.07.